The van der Waals surface area contributed by atoms with Crippen molar-refractivity contribution in [3.63, 3.8) is 0 Å². The summed E-state index contributed by atoms with van der Waals surface area (Å²) in [7, 11) is 0. The molecule has 0 spiro atoms. The summed E-state index contributed by atoms with van der Waals surface area (Å²) >= 11 is 0. The highest BCUT2D eigenvalue weighted by atomic mass is 16.3. The quantitative estimate of drug-likeness (QED) is 0.754. The average Bonchev–Trinajstić information content (AvgIpc) is 2.54. The zero-order chi connectivity index (χ0) is 18.0. The van der Waals surface area contributed by atoms with Crippen LogP contribution in [0.2, 0.25) is 0 Å². The third kappa shape index (κ3) is 3.93. The maximum absolute atomic E-state index is 12.6. The van der Waals surface area contributed by atoms with E-state index < -0.39 is 0 Å². The van der Waals surface area contributed by atoms with E-state index in [1.54, 1.807) is 6.20 Å². The standard InChI is InChI=1S/C18H23N5O2/c1-10-14(11(2)22-18(19)21-10)9-16(25)23-17(12-7-13(24)8-12)15-5-3-4-6-20-15/h3-6,12-13,17,24H,7-9H2,1-2H3,(H,23,25)(H2,19,21,22). The van der Waals surface area contributed by atoms with Gasteiger partial charge >= 0.3 is 0 Å². The highest BCUT2D eigenvalue weighted by Crippen LogP contribution is 2.37. The number of amides is 1. The van der Waals surface area contributed by atoms with Gasteiger partial charge in [0.25, 0.3) is 0 Å². The second-order valence-corrected chi connectivity index (χ2v) is 6.59. The van der Waals surface area contributed by atoms with Gasteiger partial charge in [-0.05, 0) is 44.7 Å². The van der Waals surface area contributed by atoms with Gasteiger partial charge in [0, 0.05) is 23.1 Å². The summed E-state index contributed by atoms with van der Waals surface area (Å²) in [4.78, 5) is 25.3. The SMILES string of the molecule is Cc1nc(N)nc(C)c1CC(=O)NC(c1ccccn1)C1CC(O)C1. The van der Waals surface area contributed by atoms with E-state index in [0.717, 1.165) is 11.3 Å². The second kappa shape index (κ2) is 7.14. The van der Waals surface area contributed by atoms with Crippen LogP contribution in [-0.2, 0) is 11.2 Å². The number of nitrogens with one attached hydrogen (secondary N) is 1. The van der Waals surface area contributed by atoms with E-state index >= 15 is 0 Å². The van der Waals surface area contributed by atoms with Crippen LogP contribution in [-0.4, -0.2) is 32.1 Å². The van der Waals surface area contributed by atoms with E-state index in [9.17, 15) is 9.90 Å². The number of carbonyl (C=O) groups is 1. The van der Waals surface area contributed by atoms with E-state index in [1.165, 1.54) is 0 Å². The zero-order valence-electron chi connectivity index (χ0n) is 14.4. The lowest BCUT2D eigenvalue weighted by molar-refractivity contribution is -0.122. The van der Waals surface area contributed by atoms with Gasteiger partial charge in [0.15, 0.2) is 0 Å². The number of carbonyl (C=O) groups excluding carboxylic acids is 1. The number of rotatable bonds is 5. The van der Waals surface area contributed by atoms with Crippen LogP contribution in [0, 0.1) is 19.8 Å². The monoisotopic (exact) mass is 341 g/mol. The fourth-order valence-electron chi connectivity index (χ4n) is 3.30. The Morgan fingerprint density at radius 1 is 1.32 bits per heavy atom. The minimum absolute atomic E-state index is 0.114. The van der Waals surface area contributed by atoms with Gasteiger partial charge in [0.2, 0.25) is 11.9 Å². The Morgan fingerprint density at radius 3 is 2.56 bits per heavy atom. The topological polar surface area (TPSA) is 114 Å². The predicted molar refractivity (Wildman–Crippen MR) is 93.5 cm³/mol. The molecule has 2 aromatic heterocycles. The Hall–Kier alpha value is -2.54. The van der Waals surface area contributed by atoms with Crippen molar-refractivity contribution in [3.05, 3.63) is 47.0 Å². The Kier molecular flexibility index (Phi) is 4.94. The fraction of sp³-hybridized carbons (Fsp3) is 0.444. The first-order chi connectivity index (χ1) is 11.9. The third-order valence-electron chi connectivity index (χ3n) is 4.72. The number of aromatic nitrogens is 3. The van der Waals surface area contributed by atoms with Crippen LogP contribution >= 0.6 is 0 Å². The van der Waals surface area contributed by atoms with Gasteiger partial charge in [-0.1, -0.05) is 6.07 Å². The Balaban J connectivity index is 1.75. The van der Waals surface area contributed by atoms with Crippen molar-refractivity contribution >= 4 is 11.9 Å². The molecule has 0 aliphatic heterocycles. The molecule has 1 unspecified atom stereocenters. The molecule has 1 amide bonds. The molecule has 132 valence electrons. The van der Waals surface area contributed by atoms with Gasteiger partial charge in [-0.2, -0.15) is 0 Å². The number of hydrogen-bond acceptors (Lipinski definition) is 6. The molecule has 2 aromatic rings. The molecule has 1 atom stereocenters. The summed E-state index contributed by atoms with van der Waals surface area (Å²) in [5.41, 5.74) is 8.68. The number of nitrogens with two attached hydrogens (primary N) is 1. The number of anilines is 1. The number of nitrogens with zero attached hydrogens (tertiary/aromatic N) is 3. The molecular formula is C18H23N5O2. The smallest absolute Gasteiger partial charge is 0.225 e. The highest BCUT2D eigenvalue weighted by molar-refractivity contribution is 5.79. The average molecular weight is 341 g/mol. The molecule has 0 radical (unpaired) electrons. The van der Waals surface area contributed by atoms with Crippen molar-refractivity contribution in [1.82, 2.24) is 20.3 Å². The lowest BCUT2D eigenvalue weighted by Crippen LogP contribution is -2.42. The van der Waals surface area contributed by atoms with Gasteiger partial charge in [0.05, 0.1) is 24.3 Å². The van der Waals surface area contributed by atoms with Crippen molar-refractivity contribution in [2.24, 2.45) is 5.92 Å². The van der Waals surface area contributed by atoms with Crippen molar-refractivity contribution < 1.29 is 9.90 Å². The minimum Gasteiger partial charge on any atom is -0.393 e. The van der Waals surface area contributed by atoms with Crippen molar-refractivity contribution in [3.8, 4) is 0 Å². The molecule has 1 saturated carbocycles. The molecule has 4 N–H and O–H groups in total. The number of aryl methyl sites for hydroxylation is 2. The molecule has 2 heterocycles. The number of pyridine rings is 1. The Labute approximate surface area is 146 Å². The summed E-state index contributed by atoms with van der Waals surface area (Å²) < 4.78 is 0. The van der Waals surface area contributed by atoms with E-state index in [2.05, 4.69) is 20.3 Å². The minimum atomic E-state index is -0.289. The lowest BCUT2D eigenvalue weighted by Gasteiger charge is -2.37. The maximum atomic E-state index is 12.6. The van der Waals surface area contributed by atoms with Crippen LogP contribution in [0.4, 0.5) is 5.95 Å². The largest absolute Gasteiger partial charge is 0.393 e. The van der Waals surface area contributed by atoms with Gasteiger partial charge in [-0.25, -0.2) is 9.97 Å². The summed E-state index contributed by atoms with van der Waals surface area (Å²) in [6.07, 6.45) is 2.96. The Bertz CT molecular complexity index is 736. The number of nitrogen functional groups attached to an aromatic ring is 1. The van der Waals surface area contributed by atoms with E-state index in [1.807, 2.05) is 32.0 Å². The number of hydrogen-bond donors (Lipinski definition) is 3. The van der Waals surface area contributed by atoms with Gasteiger partial charge in [-0.3, -0.25) is 9.78 Å². The molecular weight excluding hydrogens is 318 g/mol. The summed E-state index contributed by atoms with van der Waals surface area (Å²) in [6.45, 7) is 3.65. The molecule has 1 aliphatic carbocycles. The maximum Gasteiger partial charge on any atom is 0.225 e. The number of aliphatic hydroxyl groups is 1. The molecule has 1 aliphatic rings. The normalized spacial score (nSPS) is 20.6. The first-order valence-electron chi connectivity index (χ1n) is 8.42. The first kappa shape index (κ1) is 17.3. The molecule has 0 saturated heterocycles. The van der Waals surface area contributed by atoms with E-state index in [4.69, 9.17) is 5.73 Å². The van der Waals surface area contributed by atoms with Crippen LogP contribution in [0.15, 0.2) is 24.4 Å². The molecule has 7 heteroatoms. The third-order valence-corrected chi connectivity index (χ3v) is 4.72. The summed E-state index contributed by atoms with van der Waals surface area (Å²) in [6, 6.07) is 5.44. The van der Waals surface area contributed by atoms with Crippen molar-refractivity contribution in [2.45, 2.75) is 45.3 Å². The van der Waals surface area contributed by atoms with Crippen molar-refractivity contribution in [1.29, 1.82) is 0 Å². The van der Waals surface area contributed by atoms with Crippen LogP contribution in [0.1, 0.15) is 41.5 Å². The molecule has 1 fully saturated rings. The molecule has 0 bridgehead atoms. The predicted octanol–water partition coefficient (Wildman–Crippen LogP) is 1.24. The van der Waals surface area contributed by atoms with Crippen LogP contribution < -0.4 is 11.1 Å². The summed E-state index contributed by atoms with van der Waals surface area (Å²) in [5, 5.41) is 12.7. The van der Waals surface area contributed by atoms with Crippen LogP contribution in [0.5, 0.6) is 0 Å². The van der Waals surface area contributed by atoms with Crippen molar-refractivity contribution in [2.75, 3.05) is 5.73 Å². The number of aliphatic hydroxyl groups excluding tert-OH is 1. The van der Waals surface area contributed by atoms with Crippen LogP contribution in [0.3, 0.4) is 0 Å². The van der Waals surface area contributed by atoms with E-state index in [-0.39, 0.29) is 36.3 Å². The molecule has 25 heavy (non-hydrogen) atoms. The molecule has 3 rings (SSSR count). The van der Waals surface area contributed by atoms with Gasteiger partial charge < -0.3 is 16.2 Å². The van der Waals surface area contributed by atoms with Gasteiger partial charge in [0.1, 0.15) is 0 Å². The second-order valence-electron chi connectivity index (χ2n) is 6.59. The van der Waals surface area contributed by atoms with Crippen LogP contribution in [0.25, 0.3) is 0 Å². The molecule has 7 nitrogen and oxygen atoms in total. The zero-order valence-corrected chi connectivity index (χ0v) is 14.4. The summed E-state index contributed by atoms with van der Waals surface area (Å²) in [5.74, 6) is 0.296. The highest BCUT2D eigenvalue weighted by Gasteiger charge is 2.36. The lowest BCUT2D eigenvalue weighted by atomic mass is 9.76. The Morgan fingerprint density at radius 2 is 2.00 bits per heavy atom. The first-order valence-corrected chi connectivity index (χ1v) is 8.42. The molecule has 0 aromatic carbocycles. The van der Waals surface area contributed by atoms with Gasteiger partial charge in [-0.15, -0.1) is 0 Å². The fourth-order valence-corrected chi connectivity index (χ4v) is 3.30. The van der Waals surface area contributed by atoms with E-state index in [0.29, 0.717) is 24.2 Å².